The van der Waals surface area contributed by atoms with Gasteiger partial charge in [0.25, 0.3) is 5.91 Å². The van der Waals surface area contributed by atoms with Crippen molar-refractivity contribution < 1.29 is 14.3 Å². The Morgan fingerprint density at radius 2 is 1.97 bits per heavy atom. The van der Waals surface area contributed by atoms with E-state index in [1.54, 1.807) is 6.92 Å². The maximum absolute atomic E-state index is 13.2. The second kappa shape index (κ2) is 8.24. The number of hydrogen-bond donors (Lipinski definition) is 2. The van der Waals surface area contributed by atoms with Gasteiger partial charge in [0, 0.05) is 16.0 Å². The molecule has 0 saturated carbocycles. The molecule has 3 aromatic rings. The van der Waals surface area contributed by atoms with E-state index in [1.165, 1.54) is 22.7 Å². The molecule has 1 unspecified atom stereocenters. The minimum absolute atomic E-state index is 0.292. The molecule has 6 nitrogen and oxygen atoms in total. The van der Waals surface area contributed by atoms with Crippen molar-refractivity contribution in [2.45, 2.75) is 53.9 Å². The Balaban J connectivity index is 1.75. The summed E-state index contributed by atoms with van der Waals surface area (Å²) in [5, 5.41) is 4.36. The molecule has 1 aliphatic carbocycles. The number of nitrogens with zero attached hydrogens (tertiary/aromatic N) is 1. The van der Waals surface area contributed by atoms with Gasteiger partial charge in [-0.1, -0.05) is 6.92 Å². The molecule has 3 heterocycles. The molecule has 8 heteroatoms. The van der Waals surface area contributed by atoms with Crippen LogP contribution in [0.5, 0.6) is 0 Å². The largest absolute Gasteiger partial charge is 0.462 e. The molecule has 1 atom stereocenters. The van der Waals surface area contributed by atoms with Gasteiger partial charge < -0.3 is 15.8 Å². The number of hydrogen-bond acceptors (Lipinski definition) is 7. The van der Waals surface area contributed by atoms with Crippen LogP contribution in [-0.2, 0) is 17.6 Å². The van der Waals surface area contributed by atoms with Crippen LogP contribution in [0.1, 0.15) is 67.6 Å². The Morgan fingerprint density at radius 1 is 1.23 bits per heavy atom. The number of aromatic nitrogens is 1. The van der Waals surface area contributed by atoms with E-state index >= 15 is 0 Å². The first-order valence-corrected chi connectivity index (χ1v) is 12.1. The van der Waals surface area contributed by atoms with Crippen LogP contribution in [0.15, 0.2) is 0 Å². The summed E-state index contributed by atoms with van der Waals surface area (Å²) in [5.41, 5.74) is 11.4. The molecule has 164 valence electrons. The summed E-state index contributed by atoms with van der Waals surface area (Å²) in [6.07, 6.45) is 2.76. The number of ether oxygens (including phenoxy) is 1. The van der Waals surface area contributed by atoms with Gasteiger partial charge >= 0.3 is 5.97 Å². The van der Waals surface area contributed by atoms with E-state index in [2.05, 4.69) is 17.2 Å². The number of nitrogens with one attached hydrogen (secondary N) is 1. The number of aryl methyl sites for hydroxylation is 2. The van der Waals surface area contributed by atoms with Crippen molar-refractivity contribution in [3.05, 3.63) is 37.7 Å². The van der Waals surface area contributed by atoms with E-state index in [1.807, 2.05) is 20.8 Å². The van der Waals surface area contributed by atoms with Crippen molar-refractivity contribution in [3.63, 3.8) is 0 Å². The quantitative estimate of drug-likeness (QED) is 0.510. The lowest BCUT2D eigenvalue weighted by atomic mass is 9.88. The Hall–Kier alpha value is -2.45. The SMILES string of the molecule is CCOC(=O)c1c(NC(=O)c2sc3nc(C)c(C)c(C)c3c2N)sc2c1CCC(C)C2. The van der Waals surface area contributed by atoms with Gasteiger partial charge in [-0.05, 0) is 69.6 Å². The second-order valence-electron chi connectivity index (χ2n) is 8.20. The van der Waals surface area contributed by atoms with E-state index in [0.717, 1.165) is 56.7 Å². The Morgan fingerprint density at radius 3 is 2.68 bits per heavy atom. The summed E-state index contributed by atoms with van der Waals surface area (Å²) >= 11 is 2.77. The number of carbonyl (C=O) groups excluding carboxylic acids is 2. The third-order valence-electron chi connectivity index (χ3n) is 6.10. The molecular weight excluding hydrogens is 430 g/mol. The number of thiophene rings is 2. The summed E-state index contributed by atoms with van der Waals surface area (Å²) in [6.45, 7) is 10.3. The molecular formula is C23H27N3O3S2. The van der Waals surface area contributed by atoms with E-state index in [0.29, 0.717) is 33.7 Å². The van der Waals surface area contributed by atoms with Gasteiger partial charge in [-0.3, -0.25) is 4.79 Å². The highest BCUT2D eigenvalue weighted by molar-refractivity contribution is 7.21. The standard InChI is InChI=1S/C23H27N3O3S2/c1-6-29-23(28)17-14-8-7-10(2)9-15(14)30-22(17)26-20(27)19-18(24)16-12(4)11(3)13(5)25-21(16)31-19/h10H,6-9,24H2,1-5H3,(H,26,27). The fourth-order valence-electron chi connectivity index (χ4n) is 4.15. The van der Waals surface area contributed by atoms with Crippen molar-refractivity contribution in [1.29, 1.82) is 0 Å². The first kappa shape index (κ1) is 21.8. The minimum Gasteiger partial charge on any atom is -0.462 e. The lowest BCUT2D eigenvalue weighted by Crippen LogP contribution is -2.16. The Labute approximate surface area is 189 Å². The molecule has 0 saturated heterocycles. The van der Waals surface area contributed by atoms with Crippen LogP contribution in [0.4, 0.5) is 10.7 Å². The highest BCUT2D eigenvalue weighted by atomic mass is 32.1. The molecule has 0 radical (unpaired) electrons. The van der Waals surface area contributed by atoms with Gasteiger partial charge in [0.05, 0.1) is 17.9 Å². The van der Waals surface area contributed by atoms with Crippen molar-refractivity contribution in [2.24, 2.45) is 5.92 Å². The predicted octanol–water partition coefficient (Wildman–Crippen LogP) is 5.42. The third kappa shape index (κ3) is 3.72. The lowest BCUT2D eigenvalue weighted by molar-refractivity contribution is 0.0526. The zero-order valence-electron chi connectivity index (χ0n) is 18.5. The van der Waals surface area contributed by atoms with Crippen molar-refractivity contribution >= 4 is 55.5 Å². The highest BCUT2D eigenvalue weighted by Gasteiger charge is 2.30. The second-order valence-corrected chi connectivity index (χ2v) is 10.3. The first-order valence-electron chi connectivity index (χ1n) is 10.5. The monoisotopic (exact) mass is 457 g/mol. The average Bonchev–Trinajstić information content (AvgIpc) is 3.23. The number of fused-ring (bicyclic) bond motifs is 2. The fourth-order valence-corrected chi connectivity index (χ4v) is 6.64. The molecule has 0 spiro atoms. The molecule has 31 heavy (non-hydrogen) atoms. The molecule has 3 N–H and O–H groups in total. The number of nitrogen functional groups attached to an aromatic ring is 1. The summed E-state index contributed by atoms with van der Waals surface area (Å²) < 4.78 is 5.31. The lowest BCUT2D eigenvalue weighted by Gasteiger charge is -2.18. The minimum atomic E-state index is -0.377. The number of esters is 1. The smallest absolute Gasteiger partial charge is 0.341 e. The first-order chi connectivity index (χ1) is 14.7. The van der Waals surface area contributed by atoms with Crippen LogP contribution < -0.4 is 11.1 Å². The van der Waals surface area contributed by atoms with Crippen molar-refractivity contribution in [2.75, 3.05) is 17.7 Å². The average molecular weight is 458 g/mol. The van der Waals surface area contributed by atoms with Crippen LogP contribution in [-0.4, -0.2) is 23.5 Å². The summed E-state index contributed by atoms with van der Waals surface area (Å²) in [4.78, 5) is 32.9. The van der Waals surface area contributed by atoms with E-state index in [-0.39, 0.29) is 11.9 Å². The molecule has 4 rings (SSSR count). The molecule has 0 aromatic carbocycles. The fraction of sp³-hybridized carbons (Fsp3) is 0.435. The maximum atomic E-state index is 13.2. The number of carbonyl (C=O) groups is 2. The molecule has 1 amide bonds. The topological polar surface area (TPSA) is 94.3 Å². The summed E-state index contributed by atoms with van der Waals surface area (Å²) in [6, 6.07) is 0. The number of amides is 1. The number of anilines is 2. The summed E-state index contributed by atoms with van der Waals surface area (Å²) in [7, 11) is 0. The molecule has 3 aromatic heterocycles. The van der Waals surface area contributed by atoms with Gasteiger partial charge in [-0.2, -0.15) is 0 Å². The zero-order valence-corrected chi connectivity index (χ0v) is 20.1. The number of nitrogens with two attached hydrogens (primary N) is 1. The molecule has 0 bridgehead atoms. The van der Waals surface area contributed by atoms with E-state index < -0.39 is 0 Å². The van der Waals surface area contributed by atoms with Crippen LogP contribution in [0.3, 0.4) is 0 Å². The van der Waals surface area contributed by atoms with Gasteiger partial charge in [0.2, 0.25) is 0 Å². The maximum Gasteiger partial charge on any atom is 0.341 e. The van der Waals surface area contributed by atoms with Gasteiger partial charge in [-0.15, -0.1) is 22.7 Å². The zero-order chi connectivity index (χ0) is 22.4. The highest BCUT2D eigenvalue weighted by Crippen LogP contribution is 2.41. The number of pyridine rings is 1. The number of rotatable bonds is 4. The van der Waals surface area contributed by atoms with Crippen LogP contribution in [0.25, 0.3) is 10.2 Å². The molecule has 0 fully saturated rings. The normalized spacial score (nSPS) is 15.7. The van der Waals surface area contributed by atoms with Crippen LogP contribution >= 0.6 is 22.7 Å². The van der Waals surface area contributed by atoms with E-state index in [4.69, 9.17) is 10.5 Å². The van der Waals surface area contributed by atoms with Crippen molar-refractivity contribution in [3.8, 4) is 0 Å². The van der Waals surface area contributed by atoms with Gasteiger partial charge in [0.15, 0.2) is 0 Å². The molecule has 0 aliphatic heterocycles. The Kier molecular flexibility index (Phi) is 5.79. The van der Waals surface area contributed by atoms with Gasteiger partial charge in [-0.25, -0.2) is 9.78 Å². The van der Waals surface area contributed by atoms with E-state index in [9.17, 15) is 9.59 Å². The van der Waals surface area contributed by atoms with Crippen LogP contribution in [0.2, 0.25) is 0 Å². The Bertz CT molecular complexity index is 1210. The van der Waals surface area contributed by atoms with Gasteiger partial charge in [0.1, 0.15) is 14.7 Å². The van der Waals surface area contributed by atoms with Crippen LogP contribution in [0, 0.1) is 26.7 Å². The molecule has 1 aliphatic rings. The predicted molar refractivity (Wildman–Crippen MR) is 128 cm³/mol. The summed E-state index contributed by atoms with van der Waals surface area (Å²) in [5.74, 6) is -0.131. The third-order valence-corrected chi connectivity index (χ3v) is 8.37. The van der Waals surface area contributed by atoms with Crippen molar-refractivity contribution in [1.82, 2.24) is 4.98 Å².